The molecule has 0 spiro atoms. The first-order valence-corrected chi connectivity index (χ1v) is 16.0. The zero-order valence-electron chi connectivity index (χ0n) is 27.2. The lowest BCUT2D eigenvalue weighted by molar-refractivity contribution is 0.446. The van der Waals surface area contributed by atoms with Crippen LogP contribution in [0.5, 0.6) is 5.75 Å². The maximum absolute atomic E-state index is 11.6. The van der Waals surface area contributed by atoms with Crippen molar-refractivity contribution in [1.29, 1.82) is 0 Å². The van der Waals surface area contributed by atoms with Crippen molar-refractivity contribution in [2.45, 2.75) is 66.2 Å². The second-order valence-corrected chi connectivity index (χ2v) is 14.7. The number of nitrogens with zero attached hydrogens (tertiary/aromatic N) is 5. The fraction of sp³-hybridized carbons (Fsp3) is 0.263. The van der Waals surface area contributed by atoms with E-state index < -0.39 is 0 Å². The zero-order chi connectivity index (χ0) is 32.1. The van der Waals surface area contributed by atoms with Gasteiger partial charge in [0.25, 0.3) is 0 Å². The van der Waals surface area contributed by atoms with Gasteiger partial charge in [0.15, 0.2) is 5.82 Å². The van der Waals surface area contributed by atoms with Crippen LogP contribution in [-0.2, 0) is 10.8 Å². The van der Waals surface area contributed by atoms with Gasteiger partial charge in [-0.05, 0) is 83.8 Å². The number of thiazole rings is 1. The highest BCUT2D eigenvalue weighted by Gasteiger charge is 2.27. The van der Waals surface area contributed by atoms with Crippen molar-refractivity contribution >= 4 is 38.7 Å². The van der Waals surface area contributed by atoms with Crippen LogP contribution in [0.2, 0.25) is 0 Å². The molecule has 0 aliphatic carbocycles. The minimum Gasteiger partial charge on any atom is -0.507 e. The fourth-order valence-electron chi connectivity index (χ4n) is 5.72. The molecule has 0 fully saturated rings. The predicted molar refractivity (Wildman–Crippen MR) is 187 cm³/mol. The van der Waals surface area contributed by atoms with Gasteiger partial charge >= 0.3 is 0 Å². The van der Waals surface area contributed by atoms with Crippen LogP contribution in [0.3, 0.4) is 0 Å². The molecular formula is C38H39N5OS. The second kappa shape index (κ2) is 11.4. The molecule has 3 aromatic heterocycles. The molecular weight excluding hydrogens is 575 g/mol. The third kappa shape index (κ3) is 5.80. The van der Waals surface area contributed by atoms with E-state index >= 15 is 0 Å². The van der Waals surface area contributed by atoms with Crippen LogP contribution in [-0.4, -0.2) is 25.3 Å². The lowest BCUT2D eigenvalue weighted by atomic mass is 9.79. The van der Waals surface area contributed by atoms with Crippen LogP contribution in [0.4, 0.5) is 17.2 Å². The maximum Gasteiger partial charge on any atom is 0.160 e. The lowest BCUT2D eigenvalue weighted by Crippen LogP contribution is -2.17. The number of hydrogen-bond donors (Lipinski definition) is 1. The molecule has 6 aromatic rings. The molecule has 0 bridgehead atoms. The van der Waals surface area contributed by atoms with Crippen molar-refractivity contribution in [2.75, 3.05) is 4.90 Å². The van der Waals surface area contributed by atoms with E-state index in [0.29, 0.717) is 11.6 Å². The summed E-state index contributed by atoms with van der Waals surface area (Å²) >= 11 is 1.61. The third-order valence-corrected chi connectivity index (χ3v) is 9.22. The average molecular weight is 614 g/mol. The molecule has 45 heavy (non-hydrogen) atoms. The van der Waals surface area contributed by atoms with E-state index in [2.05, 4.69) is 123 Å². The summed E-state index contributed by atoms with van der Waals surface area (Å²) in [4.78, 5) is 11.9. The van der Waals surface area contributed by atoms with Crippen molar-refractivity contribution in [3.05, 3.63) is 108 Å². The highest BCUT2D eigenvalue weighted by atomic mass is 32.1. The second-order valence-electron chi connectivity index (χ2n) is 13.6. The van der Waals surface area contributed by atoms with Crippen LogP contribution in [0.15, 0.2) is 85.2 Å². The number of fused-ring (bicyclic) bond motifs is 1. The molecule has 0 atom stereocenters. The normalized spacial score (nSPS) is 12.1. The third-order valence-electron chi connectivity index (χ3n) is 8.17. The zero-order valence-corrected chi connectivity index (χ0v) is 28.0. The Balaban J connectivity index is 1.52. The number of aromatic nitrogens is 4. The SMILES string of the molecule is Cc1ccnc(C)c1N(c1cccc(-c2cccc3sc(-c4cc(C(C)(C)C)cc(C(C)(C)C)c4O)nc23)c1)c1cccnn1. The van der Waals surface area contributed by atoms with Gasteiger partial charge in [0.2, 0.25) is 0 Å². The van der Waals surface area contributed by atoms with Crippen LogP contribution in [0.25, 0.3) is 31.9 Å². The fourth-order valence-corrected chi connectivity index (χ4v) is 6.73. The van der Waals surface area contributed by atoms with Crippen molar-refractivity contribution in [3.8, 4) is 27.4 Å². The molecule has 6 rings (SSSR count). The van der Waals surface area contributed by atoms with Gasteiger partial charge in [0, 0.05) is 29.2 Å². The first-order chi connectivity index (χ1) is 21.3. The smallest absolute Gasteiger partial charge is 0.160 e. The minimum absolute atomic E-state index is 0.0787. The summed E-state index contributed by atoms with van der Waals surface area (Å²) in [7, 11) is 0. The number of hydrogen-bond acceptors (Lipinski definition) is 7. The molecule has 0 saturated heterocycles. The van der Waals surface area contributed by atoms with Gasteiger partial charge in [-0.1, -0.05) is 71.9 Å². The standard InChI is InChI=1S/C38H39N5OS/c1-23-17-19-39-24(2)34(23)43(32-16-11-18-40-42-32)27-13-9-12-25(20-27)28-14-10-15-31-33(28)41-36(45-31)29-21-26(37(3,4)5)22-30(35(29)44)38(6,7)8/h9-22,44H,1-8H3. The van der Waals surface area contributed by atoms with Gasteiger partial charge < -0.3 is 5.11 Å². The van der Waals surface area contributed by atoms with E-state index in [1.54, 1.807) is 17.5 Å². The van der Waals surface area contributed by atoms with Gasteiger partial charge in [-0.2, -0.15) is 5.10 Å². The quantitative estimate of drug-likeness (QED) is 0.209. The Morgan fingerprint density at radius 1 is 0.778 bits per heavy atom. The molecule has 6 nitrogen and oxygen atoms in total. The summed E-state index contributed by atoms with van der Waals surface area (Å²) in [5.74, 6) is 1.02. The molecule has 228 valence electrons. The Bertz CT molecular complexity index is 2000. The van der Waals surface area contributed by atoms with E-state index in [9.17, 15) is 5.11 Å². The number of rotatable bonds is 5. The van der Waals surface area contributed by atoms with Crippen molar-refractivity contribution in [1.82, 2.24) is 20.2 Å². The monoisotopic (exact) mass is 613 g/mol. The highest BCUT2D eigenvalue weighted by molar-refractivity contribution is 7.21. The molecule has 0 aliphatic rings. The molecule has 0 radical (unpaired) electrons. The summed E-state index contributed by atoms with van der Waals surface area (Å²) in [5.41, 5.74) is 9.49. The van der Waals surface area contributed by atoms with Crippen LogP contribution >= 0.6 is 11.3 Å². The molecule has 0 saturated carbocycles. The van der Waals surface area contributed by atoms with Gasteiger partial charge in [0.05, 0.1) is 27.2 Å². The summed E-state index contributed by atoms with van der Waals surface area (Å²) in [6, 6.07) is 24.9. The summed E-state index contributed by atoms with van der Waals surface area (Å²) in [5, 5.41) is 21.0. The largest absolute Gasteiger partial charge is 0.507 e. The Hall–Kier alpha value is -4.62. The van der Waals surface area contributed by atoms with Gasteiger partial charge in [-0.3, -0.25) is 9.88 Å². The number of aromatic hydroxyl groups is 1. The lowest BCUT2D eigenvalue weighted by Gasteiger charge is -2.27. The molecule has 3 aromatic carbocycles. The summed E-state index contributed by atoms with van der Waals surface area (Å²) in [6.45, 7) is 17.1. The number of benzene rings is 3. The summed E-state index contributed by atoms with van der Waals surface area (Å²) < 4.78 is 1.07. The van der Waals surface area contributed by atoms with Crippen LogP contribution in [0.1, 0.15) is 63.9 Å². The van der Waals surface area contributed by atoms with Crippen molar-refractivity contribution < 1.29 is 5.11 Å². The van der Waals surface area contributed by atoms with Gasteiger partial charge in [-0.15, -0.1) is 16.4 Å². The van der Waals surface area contributed by atoms with Gasteiger partial charge in [0.1, 0.15) is 10.8 Å². The minimum atomic E-state index is -0.220. The van der Waals surface area contributed by atoms with E-state index in [0.717, 1.165) is 60.1 Å². The predicted octanol–water partition coefficient (Wildman–Crippen LogP) is 10.2. The van der Waals surface area contributed by atoms with Crippen molar-refractivity contribution in [3.63, 3.8) is 0 Å². The van der Waals surface area contributed by atoms with E-state index in [1.165, 1.54) is 5.56 Å². The van der Waals surface area contributed by atoms with E-state index in [4.69, 9.17) is 4.98 Å². The number of phenolic OH excluding ortho intramolecular Hbond substituents is 1. The molecule has 7 heteroatoms. The Labute approximate surface area is 269 Å². The van der Waals surface area contributed by atoms with Gasteiger partial charge in [-0.25, -0.2) is 4.98 Å². The topological polar surface area (TPSA) is 75.0 Å². The van der Waals surface area contributed by atoms with Crippen molar-refractivity contribution in [2.24, 2.45) is 0 Å². The van der Waals surface area contributed by atoms with E-state index in [1.807, 2.05) is 31.3 Å². The Morgan fingerprint density at radius 3 is 2.24 bits per heavy atom. The number of anilines is 3. The van der Waals surface area contributed by atoms with E-state index in [-0.39, 0.29) is 10.8 Å². The molecule has 1 N–H and O–H groups in total. The Morgan fingerprint density at radius 2 is 1.56 bits per heavy atom. The summed E-state index contributed by atoms with van der Waals surface area (Å²) in [6.07, 6.45) is 3.51. The molecule has 0 unspecified atom stereocenters. The molecule has 0 aliphatic heterocycles. The number of aryl methyl sites for hydroxylation is 2. The Kier molecular flexibility index (Phi) is 7.69. The van der Waals surface area contributed by atoms with Crippen LogP contribution in [0, 0.1) is 13.8 Å². The number of para-hydroxylation sites is 1. The number of phenols is 1. The highest BCUT2D eigenvalue weighted by Crippen LogP contribution is 2.45. The number of pyridine rings is 1. The first kappa shape index (κ1) is 30.4. The average Bonchev–Trinajstić information content (AvgIpc) is 3.43. The first-order valence-electron chi connectivity index (χ1n) is 15.2. The molecule has 0 amide bonds. The maximum atomic E-state index is 11.6. The van der Waals surface area contributed by atoms with Crippen LogP contribution < -0.4 is 4.90 Å². The molecule has 3 heterocycles.